The molecule has 0 aromatic rings. The van der Waals surface area contributed by atoms with E-state index in [0.29, 0.717) is 0 Å². The number of aliphatic imine (C=N–C) groups is 1. The molecule has 0 aromatic carbocycles. The van der Waals surface area contributed by atoms with Crippen LogP contribution in [0, 0.1) is 5.41 Å². The monoisotopic (exact) mass is 413 g/mol. The molecule has 0 aromatic heterocycles. The lowest BCUT2D eigenvalue weighted by atomic mass is 9.89. The third-order valence-corrected chi connectivity index (χ3v) is 3.86. The molecule has 1 heterocycles. The van der Waals surface area contributed by atoms with Gasteiger partial charge >= 0.3 is 0 Å². The molecule has 0 radical (unpaired) electrons. The van der Waals surface area contributed by atoms with Gasteiger partial charge in [-0.05, 0) is 25.2 Å². The fraction of sp³-hybridized carbons (Fsp3) is 0.933. The molecule has 0 saturated carbocycles. The molecular weight excluding hydrogens is 381 g/mol. The minimum atomic E-state index is -0.0672. The zero-order valence-electron chi connectivity index (χ0n) is 14.3. The Morgan fingerprint density at radius 3 is 2.48 bits per heavy atom. The van der Waals surface area contributed by atoms with Crippen LogP contribution >= 0.6 is 24.0 Å². The molecule has 0 spiro atoms. The minimum Gasteiger partial charge on any atom is -0.379 e. The molecule has 0 amide bonds. The molecule has 21 heavy (non-hydrogen) atoms. The molecule has 2 atom stereocenters. The maximum Gasteiger partial charge on any atom is 0.191 e. The van der Waals surface area contributed by atoms with Crippen molar-refractivity contribution in [1.29, 1.82) is 0 Å². The van der Waals surface area contributed by atoms with E-state index in [1.54, 1.807) is 14.2 Å². The Labute approximate surface area is 146 Å². The van der Waals surface area contributed by atoms with Gasteiger partial charge in [0.05, 0.1) is 11.7 Å². The number of hydrogen-bond donors (Lipinski definition) is 2. The number of nitrogens with one attached hydrogen (secondary N) is 2. The minimum absolute atomic E-state index is 0. The van der Waals surface area contributed by atoms with Crippen LogP contribution in [0.15, 0.2) is 4.99 Å². The normalized spacial score (nSPS) is 24.4. The fourth-order valence-electron chi connectivity index (χ4n) is 2.40. The van der Waals surface area contributed by atoms with Gasteiger partial charge in [0.25, 0.3) is 0 Å². The van der Waals surface area contributed by atoms with Crippen molar-refractivity contribution < 1.29 is 9.47 Å². The Bertz CT molecular complexity index is 323. The van der Waals surface area contributed by atoms with E-state index < -0.39 is 0 Å². The maximum absolute atomic E-state index is 5.77. The lowest BCUT2D eigenvalue weighted by Gasteiger charge is -2.30. The number of methoxy groups -OCH3 is 1. The molecule has 6 heteroatoms. The lowest BCUT2D eigenvalue weighted by molar-refractivity contribution is 0.0191. The summed E-state index contributed by atoms with van der Waals surface area (Å²) in [5.41, 5.74) is 0.0312. The smallest absolute Gasteiger partial charge is 0.191 e. The quantitative estimate of drug-likeness (QED) is 0.413. The van der Waals surface area contributed by atoms with Crippen molar-refractivity contribution >= 4 is 29.9 Å². The second-order valence-electron chi connectivity index (χ2n) is 6.80. The first-order valence-electron chi connectivity index (χ1n) is 7.42. The van der Waals surface area contributed by atoms with E-state index in [4.69, 9.17) is 9.47 Å². The summed E-state index contributed by atoms with van der Waals surface area (Å²) in [5, 5.41) is 6.67. The van der Waals surface area contributed by atoms with Crippen molar-refractivity contribution in [2.45, 2.75) is 52.2 Å². The van der Waals surface area contributed by atoms with Crippen molar-refractivity contribution in [2.24, 2.45) is 10.4 Å². The van der Waals surface area contributed by atoms with Crippen molar-refractivity contribution in [1.82, 2.24) is 10.6 Å². The van der Waals surface area contributed by atoms with Crippen LogP contribution in [0.2, 0.25) is 0 Å². The summed E-state index contributed by atoms with van der Waals surface area (Å²) in [5.74, 6) is 0.799. The van der Waals surface area contributed by atoms with Gasteiger partial charge in [-0.25, -0.2) is 0 Å². The van der Waals surface area contributed by atoms with Gasteiger partial charge in [-0.15, -0.1) is 24.0 Å². The second-order valence-corrected chi connectivity index (χ2v) is 6.80. The van der Waals surface area contributed by atoms with E-state index in [-0.39, 0.29) is 41.1 Å². The molecule has 1 aliphatic heterocycles. The highest BCUT2D eigenvalue weighted by molar-refractivity contribution is 14.0. The Kier molecular flexibility index (Phi) is 9.11. The molecule has 1 aliphatic rings. The zero-order valence-corrected chi connectivity index (χ0v) is 16.6. The van der Waals surface area contributed by atoms with Gasteiger partial charge in [-0.2, -0.15) is 0 Å². The van der Waals surface area contributed by atoms with Gasteiger partial charge in [0.1, 0.15) is 0 Å². The van der Waals surface area contributed by atoms with E-state index in [9.17, 15) is 0 Å². The third kappa shape index (κ3) is 7.15. The Morgan fingerprint density at radius 1 is 1.38 bits per heavy atom. The Hall–Kier alpha value is -0.0800. The predicted molar refractivity (Wildman–Crippen MR) is 98.6 cm³/mol. The van der Waals surface area contributed by atoms with Crippen LogP contribution in [0.4, 0.5) is 0 Å². The van der Waals surface area contributed by atoms with E-state index in [2.05, 4.69) is 43.3 Å². The van der Waals surface area contributed by atoms with Gasteiger partial charge in [0, 0.05) is 33.9 Å². The van der Waals surface area contributed by atoms with Crippen molar-refractivity contribution in [3.63, 3.8) is 0 Å². The number of nitrogens with zero attached hydrogens (tertiary/aromatic N) is 1. The van der Waals surface area contributed by atoms with Gasteiger partial charge in [-0.1, -0.05) is 20.8 Å². The predicted octanol–water partition coefficient (Wildman–Crippen LogP) is 2.40. The lowest BCUT2D eigenvalue weighted by Crippen LogP contribution is -2.49. The summed E-state index contributed by atoms with van der Waals surface area (Å²) in [6.45, 7) is 11.0. The van der Waals surface area contributed by atoms with Crippen LogP contribution in [0.3, 0.4) is 0 Å². The zero-order chi connectivity index (χ0) is 15.2. The van der Waals surface area contributed by atoms with Crippen LogP contribution in [-0.2, 0) is 9.47 Å². The van der Waals surface area contributed by atoms with Crippen LogP contribution in [0.1, 0.15) is 40.5 Å². The van der Waals surface area contributed by atoms with Crippen molar-refractivity contribution in [2.75, 3.05) is 33.9 Å². The topological polar surface area (TPSA) is 54.9 Å². The molecule has 0 aliphatic carbocycles. The Morgan fingerprint density at radius 2 is 2.05 bits per heavy atom. The highest BCUT2D eigenvalue weighted by atomic mass is 127. The second kappa shape index (κ2) is 9.15. The first-order valence-corrected chi connectivity index (χ1v) is 7.42. The van der Waals surface area contributed by atoms with E-state index >= 15 is 0 Å². The first-order chi connectivity index (χ1) is 9.30. The third-order valence-electron chi connectivity index (χ3n) is 3.86. The number of ether oxygens (including phenoxy) is 2. The molecule has 1 saturated heterocycles. The largest absolute Gasteiger partial charge is 0.379 e. The van der Waals surface area contributed by atoms with Crippen LogP contribution in [0.5, 0.6) is 0 Å². The Balaban J connectivity index is 0.00000400. The van der Waals surface area contributed by atoms with Crippen LogP contribution in [-0.4, -0.2) is 51.5 Å². The molecule has 1 rings (SSSR count). The van der Waals surface area contributed by atoms with Gasteiger partial charge in [0.2, 0.25) is 0 Å². The summed E-state index contributed by atoms with van der Waals surface area (Å²) in [7, 11) is 3.53. The van der Waals surface area contributed by atoms with Crippen molar-refractivity contribution in [3.05, 3.63) is 0 Å². The first kappa shape index (κ1) is 20.9. The summed E-state index contributed by atoms with van der Waals surface area (Å²) in [4.78, 5) is 4.25. The van der Waals surface area contributed by atoms with Gasteiger partial charge in [0.15, 0.2) is 5.96 Å². The molecule has 2 unspecified atom stereocenters. The number of guanidine groups is 1. The summed E-state index contributed by atoms with van der Waals surface area (Å²) in [6.07, 6.45) is 2.37. The van der Waals surface area contributed by atoms with Crippen molar-refractivity contribution in [3.8, 4) is 0 Å². The molecule has 0 bridgehead atoms. The molecule has 1 fully saturated rings. The summed E-state index contributed by atoms with van der Waals surface area (Å²) < 4.78 is 11.3. The van der Waals surface area contributed by atoms with E-state index in [1.807, 2.05) is 0 Å². The van der Waals surface area contributed by atoms with Crippen LogP contribution < -0.4 is 10.6 Å². The molecule has 2 N–H and O–H groups in total. The van der Waals surface area contributed by atoms with Crippen LogP contribution in [0.25, 0.3) is 0 Å². The molecular formula is C15H32IN3O2. The number of halogens is 1. The average Bonchev–Trinajstić information content (AvgIpc) is 2.79. The number of hydrogen-bond acceptors (Lipinski definition) is 3. The highest BCUT2D eigenvalue weighted by Gasteiger charge is 2.30. The number of rotatable bonds is 5. The van der Waals surface area contributed by atoms with E-state index in [0.717, 1.165) is 38.5 Å². The SMILES string of the molecule is CN=C(NCC(OC)C(C)(C)C)NCC1(C)CCCO1.I. The summed E-state index contributed by atoms with van der Waals surface area (Å²) in [6, 6.07) is 0. The highest BCUT2D eigenvalue weighted by Crippen LogP contribution is 2.24. The molecule has 126 valence electrons. The fourth-order valence-corrected chi connectivity index (χ4v) is 2.40. The van der Waals surface area contributed by atoms with Gasteiger partial charge in [-0.3, -0.25) is 4.99 Å². The maximum atomic E-state index is 5.77. The van der Waals surface area contributed by atoms with E-state index in [1.165, 1.54) is 0 Å². The average molecular weight is 413 g/mol. The standard InChI is InChI=1S/C15H31N3O2.HI/c1-14(2,3)12(19-6)10-17-13(16-5)18-11-15(4)8-7-9-20-15;/h12H,7-11H2,1-6H3,(H2,16,17,18);1H. The summed E-state index contributed by atoms with van der Waals surface area (Å²) >= 11 is 0. The van der Waals surface area contributed by atoms with Gasteiger partial charge < -0.3 is 20.1 Å². The molecule has 5 nitrogen and oxygen atoms in total.